The molecule has 0 aliphatic rings. The summed E-state index contributed by atoms with van der Waals surface area (Å²) in [6, 6.07) is 0. The van der Waals surface area contributed by atoms with Crippen LogP contribution in [0.15, 0.2) is 0 Å². The minimum Gasteiger partial charge on any atom is -0.893 e. The summed E-state index contributed by atoms with van der Waals surface area (Å²) in [6.45, 7) is 13.9. The number of rotatable bonds is 9. The van der Waals surface area contributed by atoms with Crippen LogP contribution >= 0.6 is 0 Å². The first kappa shape index (κ1) is 26.1. The molecule has 0 heterocycles. The van der Waals surface area contributed by atoms with Crippen LogP contribution in [0.1, 0.15) is 67.2 Å². The second-order valence-electron chi connectivity index (χ2n) is 6.61. The second kappa shape index (κ2) is 12.7. The van der Waals surface area contributed by atoms with Crippen molar-refractivity contribution in [1.82, 2.24) is 0 Å². The van der Waals surface area contributed by atoms with E-state index >= 15 is 0 Å². The summed E-state index contributed by atoms with van der Waals surface area (Å²) in [7, 11) is -1.63. The molecular formula is C15H31BLi2O2. The topological polar surface area (TPSA) is 46.1 Å². The third-order valence-electron chi connectivity index (χ3n) is 4.77. The van der Waals surface area contributed by atoms with Gasteiger partial charge in [-0.3, -0.25) is 0 Å². The first-order valence-electron chi connectivity index (χ1n) is 7.56. The second-order valence-corrected chi connectivity index (χ2v) is 6.61. The number of hydrogen-bond acceptors (Lipinski definition) is 2. The van der Waals surface area contributed by atoms with Crippen molar-refractivity contribution in [1.29, 1.82) is 0 Å². The molecule has 0 N–H and O–H groups in total. The van der Waals surface area contributed by atoms with Crippen LogP contribution in [0.2, 0.25) is 6.32 Å². The molecule has 0 saturated heterocycles. The van der Waals surface area contributed by atoms with Crippen LogP contribution in [0.4, 0.5) is 0 Å². The van der Waals surface area contributed by atoms with E-state index in [1.807, 2.05) is 0 Å². The number of hydrogen-bond donors (Lipinski definition) is 0. The third-order valence-corrected chi connectivity index (χ3v) is 4.77. The largest absolute Gasteiger partial charge is 1.00 e. The molecule has 0 rings (SSSR count). The molecule has 0 aliphatic carbocycles. The Bertz CT molecular complexity index is 200. The molecule has 0 unspecified atom stereocenters. The summed E-state index contributed by atoms with van der Waals surface area (Å²) >= 11 is 0. The molecule has 5 heteroatoms. The molecule has 0 atom stereocenters. The zero-order valence-electron chi connectivity index (χ0n) is 15.2. The SMILES string of the molecule is CC(C)C(CCCCCB([O-])[O-])(C(C)C)C(C)C.[Li+].[Li+]. The molecule has 0 aromatic heterocycles. The van der Waals surface area contributed by atoms with Gasteiger partial charge in [-0.1, -0.05) is 60.8 Å². The number of unbranched alkanes of at least 4 members (excludes halogenated alkanes) is 2. The Balaban J connectivity index is -0.00000144. The van der Waals surface area contributed by atoms with Crippen molar-refractivity contribution in [2.75, 3.05) is 0 Å². The maximum Gasteiger partial charge on any atom is 1.00 e. The van der Waals surface area contributed by atoms with E-state index in [-0.39, 0.29) is 44.0 Å². The molecule has 0 spiro atoms. The molecular weight excluding hydrogens is 237 g/mol. The molecule has 0 fully saturated rings. The van der Waals surface area contributed by atoms with Crippen LogP contribution in [0, 0.1) is 23.2 Å². The van der Waals surface area contributed by atoms with Gasteiger partial charge in [0, 0.05) is 0 Å². The van der Waals surface area contributed by atoms with E-state index in [0.29, 0.717) is 23.2 Å². The monoisotopic (exact) mass is 268 g/mol. The molecule has 0 aromatic rings. The van der Waals surface area contributed by atoms with E-state index in [9.17, 15) is 10.0 Å². The van der Waals surface area contributed by atoms with Gasteiger partial charge in [0.1, 0.15) is 0 Å². The molecule has 20 heavy (non-hydrogen) atoms. The van der Waals surface area contributed by atoms with Crippen LogP contribution in [-0.2, 0) is 0 Å². The van der Waals surface area contributed by atoms with E-state index in [0.717, 1.165) is 19.3 Å². The molecule has 0 aromatic carbocycles. The predicted octanol–water partition coefficient (Wildman–Crippen LogP) is -3.28. The van der Waals surface area contributed by atoms with Gasteiger partial charge in [-0.25, -0.2) is 0 Å². The Morgan fingerprint density at radius 3 is 1.45 bits per heavy atom. The van der Waals surface area contributed by atoms with Crippen molar-refractivity contribution in [3.05, 3.63) is 0 Å². The van der Waals surface area contributed by atoms with Gasteiger partial charge in [0.05, 0.1) is 0 Å². The van der Waals surface area contributed by atoms with Gasteiger partial charge in [-0.2, -0.15) is 0 Å². The summed E-state index contributed by atoms with van der Waals surface area (Å²) in [5.41, 5.74) is 0.383. The van der Waals surface area contributed by atoms with Gasteiger partial charge in [0.25, 0.3) is 0 Å². The van der Waals surface area contributed by atoms with Gasteiger partial charge >= 0.3 is 37.7 Å². The zero-order chi connectivity index (χ0) is 14.3. The fourth-order valence-electron chi connectivity index (χ4n) is 3.78. The Hall–Kier alpha value is 1.18. The molecule has 2 nitrogen and oxygen atoms in total. The van der Waals surface area contributed by atoms with E-state index < -0.39 is 7.12 Å². The van der Waals surface area contributed by atoms with Gasteiger partial charge in [-0.05, 0) is 29.6 Å². The quantitative estimate of drug-likeness (QED) is 0.325. The van der Waals surface area contributed by atoms with Crippen molar-refractivity contribution in [2.24, 2.45) is 23.2 Å². The molecule has 0 amide bonds. The molecule has 0 radical (unpaired) electrons. The van der Waals surface area contributed by atoms with Gasteiger partial charge < -0.3 is 10.0 Å². The molecule has 0 bridgehead atoms. The maximum atomic E-state index is 10.5. The van der Waals surface area contributed by atoms with Gasteiger partial charge in [0.15, 0.2) is 0 Å². The summed E-state index contributed by atoms with van der Waals surface area (Å²) in [5, 5.41) is 20.9. The average molecular weight is 268 g/mol. The first-order valence-corrected chi connectivity index (χ1v) is 7.56. The van der Waals surface area contributed by atoms with E-state index in [1.165, 1.54) is 6.42 Å². The average Bonchev–Trinajstić information content (AvgIpc) is 2.20. The summed E-state index contributed by atoms with van der Waals surface area (Å²) in [5.74, 6) is 2.01. The smallest absolute Gasteiger partial charge is 0.893 e. The predicted molar refractivity (Wildman–Crippen MR) is 76.0 cm³/mol. The van der Waals surface area contributed by atoms with E-state index in [2.05, 4.69) is 41.5 Å². The van der Waals surface area contributed by atoms with E-state index in [4.69, 9.17) is 0 Å². The van der Waals surface area contributed by atoms with Crippen LogP contribution in [-0.4, -0.2) is 7.12 Å². The van der Waals surface area contributed by atoms with E-state index in [1.54, 1.807) is 0 Å². The van der Waals surface area contributed by atoms with Crippen LogP contribution in [0.25, 0.3) is 0 Å². The van der Waals surface area contributed by atoms with Crippen LogP contribution in [0.5, 0.6) is 0 Å². The van der Waals surface area contributed by atoms with Crippen molar-refractivity contribution in [2.45, 2.75) is 73.5 Å². The third kappa shape index (κ3) is 7.98. The van der Waals surface area contributed by atoms with Crippen LogP contribution < -0.4 is 47.8 Å². The Labute approximate surface area is 151 Å². The summed E-state index contributed by atoms with van der Waals surface area (Å²) in [4.78, 5) is 0. The fourth-order valence-corrected chi connectivity index (χ4v) is 3.78. The normalized spacial score (nSPS) is 11.6. The minimum atomic E-state index is -1.63. The van der Waals surface area contributed by atoms with Crippen molar-refractivity contribution in [3.8, 4) is 0 Å². The minimum absolute atomic E-state index is 0. The Morgan fingerprint density at radius 1 is 0.750 bits per heavy atom. The Kier molecular flexibility index (Phi) is 16.6. The standard InChI is InChI=1S/C15H31BO2.2Li/c1-12(2)15(13(3)4,14(5)6)10-8-7-9-11-16(17)18;;/h12-14H,7-11H2,1-6H3;;/q-2;2*+1. The zero-order valence-corrected chi connectivity index (χ0v) is 15.2. The van der Waals surface area contributed by atoms with Gasteiger partial charge in [0.2, 0.25) is 0 Å². The first-order chi connectivity index (χ1) is 8.25. The fraction of sp³-hybridized carbons (Fsp3) is 1.00. The van der Waals surface area contributed by atoms with Gasteiger partial charge in [-0.15, -0.1) is 13.4 Å². The van der Waals surface area contributed by atoms with Crippen molar-refractivity contribution >= 4 is 7.12 Å². The van der Waals surface area contributed by atoms with Crippen molar-refractivity contribution in [3.63, 3.8) is 0 Å². The van der Waals surface area contributed by atoms with Crippen molar-refractivity contribution < 1.29 is 47.8 Å². The Morgan fingerprint density at radius 2 is 1.15 bits per heavy atom. The maximum absolute atomic E-state index is 10.5. The molecule has 108 valence electrons. The summed E-state index contributed by atoms with van der Waals surface area (Å²) < 4.78 is 0. The molecule has 0 aliphatic heterocycles. The van der Waals surface area contributed by atoms with Crippen LogP contribution in [0.3, 0.4) is 0 Å². The molecule has 0 saturated carbocycles. The summed E-state index contributed by atoms with van der Waals surface area (Å²) in [6.07, 6.45) is 4.46.